The van der Waals surface area contributed by atoms with Crippen LogP contribution in [0.5, 0.6) is 0 Å². The number of nitrogens with zero attached hydrogens (tertiary/aromatic N) is 2. The Hall–Kier alpha value is -1.70. The second kappa shape index (κ2) is 9.48. The molecular formula is C20H20BrN3OS2. The van der Waals surface area contributed by atoms with E-state index in [1.807, 2.05) is 24.3 Å². The van der Waals surface area contributed by atoms with Crippen molar-refractivity contribution >= 4 is 55.6 Å². The van der Waals surface area contributed by atoms with Crippen LogP contribution in [0.4, 0.5) is 10.8 Å². The number of aromatic nitrogens is 2. The first-order valence-electron chi connectivity index (χ1n) is 8.60. The molecule has 0 saturated heterocycles. The fourth-order valence-electron chi connectivity index (χ4n) is 2.56. The number of anilines is 2. The average molecular weight is 462 g/mol. The van der Waals surface area contributed by atoms with Gasteiger partial charge in [0.2, 0.25) is 5.13 Å². The number of hydrogen-bond donors (Lipinski definition) is 1. The van der Waals surface area contributed by atoms with Crippen molar-refractivity contribution in [2.75, 3.05) is 11.1 Å². The van der Waals surface area contributed by atoms with Crippen molar-refractivity contribution in [1.82, 2.24) is 10.2 Å². The van der Waals surface area contributed by atoms with E-state index < -0.39 is 0 Å². The van der Waals surface area contributed by atoms with Gasteiger partial charge in [-0.15, -0.1) is 10.2 Å². The predicted molar refractivity (Wildman–Crippen MR) is 118 cm³/mol. The lowest BCUT2D eigenvalue weighted by Crippen LogP contribution is -1.99. The van der Waals surface area contributed by atoms with Gasteiger partial charge in [0.25, 0.3) is 0 Å². The SMILES string of the molecule is Cc1ccc(Nc2nnc(SCCCC(=O)c3ccc(Br)cc3)s2)c(C)c1. The predicted octanol–water partition coefficient (Wildman–Crippen LogP) is 6.42. The Morgan fingerprint density at radius 2 is 1.93 bits per heavy atom. The van der Waals surface area contributed by atoms with Crippen LogP contribution in [0.3, 0.4) is 0 Å². The first-order chi connectivity index (χ1) is 13.0. The molecule has 0 amide bonds. The van der Waals surface area contributed by atoms with E-state index in [0.717, 1.165) is 37.4 Å². The molecule has 1 N–H and O–H groups in total. The Kier molecular flexibility index (Phi) is 7.04. The fourth-order valence-corrected chi connectivity index (χ4v) is 4.60. The summed E-state index contributed by atoms with van der Waals surface area (Å²) in [6, 6.07) is 13.8. The van der Waals surface area contributed by atoms with E-state index in [0.29, 0.717) is 6.42 Å². The van der Waals surface area contributed by atoms with Gasteiger partial charge in [0.1, 0.15) is 0 Å². The van der Waals surface area contributed by atoms with E-state index in [-0.39, 0.29) is 5.78 Å². The highest BCUT2D eigenvalue weighted by Crippen LogP contribution is 2.29. The maximum atomic E-state index is 12.2. The van der Waals surface area contributed by atoms with Crippen LogP contribution in [0.1, 0.15) is 34.3 Å². The number of halogens is 1. The molecule has 4 nitrogen and oxygen atoms in total. The van der Waals surface area contributed by atoms with Gasteiger partial charge in [-0.05, 0) is 44.0 Å². The summed E-state index contributed by atoms with van der Waals surface area (Å²) in [5.41, 5.74) is 4.24. The van der Waals surface area contributed by atoms with Crippen molar-refractivity contribution in [3.05, 3.63) is 63.6 Å². The minimum absolute atomic E-state index is 0.178. The molecule has 0 bridgehead atoms. The average Bonchev–Trinajstić information content (AvgIpc) is 3.09. The first kappa shape index (κ1) is 20.0. The zero-order valence-electron chi connectivity index (χ0n) is 15.2. The number of carbonyl (C=O) groups is 1. The molecule has 0 unspecified atom stereocenters. The van der Waals surface area contributed by atoms with Gasteiger partial charge in [0.15, 0.2) is 10.1 Å². The first-order valence-corrected chi connectivity index (χ1v) is 11.2. The normalized spacial score (nSPS) is 10.8. The Balaban J connectivity index is 1.45. The van der Waals surface area contributed by atoms with Gasteiger partial charge in [-0.2, -0.15) is 0 Å². The molecule has 3 aromatic rings. The summed E-state index contributed by atoms with van der Waals surface area (Å²) in [4.78, 5) is 12.2. The number of nitrogens with one attached hydrogen (secondary N) is 1. The van der Waals surface area contributed by atoms with E-state index >= 15 is 0 Å². The Morgan fingerprint density at radius 1 is 1.15 bits per heavy atom. The molecule has 0 aliphatic rings. The highest BCUT2D eigenvalue weighted by atomic mass is 79.9. The zero-order valence-corrected chi connectivity index (χ0v) is 18.4. The van der Waals surface area contributed by atoms with Crippen molar-refractivity contribution in [3.63, 3.8) is 0 Å². The number of Topliss-reactive ketones (excluding diaryl/α,β-unsaturated/α-hetero) is 1. The second-order valence-electron chi connectivity index (χ2n) is 6.20. The van der Waals surface area contributed by atoms with E-state index in [1.165, 1.54) is 22.5 Å². The molecule has 0 aliphatic carbocycles. The summed E-state index contributed by atoms with van der Waals surface area (Å²) in [6.45, 7) is 4.16. The minimum Gasteiger partial charge on any atom is -0.330 e. The highest BCUT2D eigenvalue weighted by Gasteiger charge is 2.09. The fraction of sp³-hybridized carbons (Fsp3) is 0.250. The van der Waals surface area contributed by atoms with Crippen LogP contribution >= 0.6 is 39.0 Å². The Labute approximate surface area is 175 Å². The molecular weight excluding hydrogens is 442 g/mol. The third kappa shape index (κ3) is 5.89. The quantitative estimate of drug-likeness (QED) is 0.238. The molecule has 0 atom stereocenters. The number of carbonyl (C=O) groups excluding carboxylic acids is 1. The van der Waals surface area contributed by atoms with E-state index in [2.05, 4.69) is 63.5 Å². The number of ketones is 1. The topological polar surface area (TPSA) is 54.9 Å². The van der Waals surface area contributed by atoms with Gasteiger partial charge in [0, 0.05) is 27.9 Å². The van der Waals surface area contributed by atoms with Crippen LogP contribution in [-0.4, -0.2) is 21.7 Å². The number of benzene rings is 2. The van der Waals surface area contributed by atoms with E-state index in [9.17, 15) is 4.79 Å². The lowest BCUT2D eigenvalue weighted by Gasteiger charge is -2.06. The molecule has 27 heavy (non-hydrogen) atoms. The molecule has 0 radical (unpaired) electrons. The Bertz CT molecular complexity index is 925. The largest absolute Gasteiger partial charge is 0.330 e. The van der Waals surface area contributed by atoms with Gasteiger partial charge < -0.3 is 5.32 Å². The van der Waals surface area contributed by atoms with Crippen LogP contribution in [0, 0.1) is 13.8 Å². The summed E-state index contributed by atoms with van der Waals surface area (Å²) < 4.78 is 1.90. The molecule has 0 saturated carbocycles. The summed E-state index contributed by atoms with van der Waals surface area (Å²) in [5.74, 6) is 1.03. The van der Waals surface area contributed by atoms with Crippen LogP contribution < -0.4 is 5.32 Å². The van der Waals surface area contributed by atoms with E-state index in [4.69, 9.17) is 0 Å². The minimum atomic E-state index is 0.178. The molecule has 1 heterocycles. The Morgan fingerprint density at radius 3 is 2.67 bits per heavy atom. The molecule has 0 aliphatic heterocycles. The zero-order chi connectivity index (χ0) is 19.2. The summed E-state index contributed by atoms with van der Waals surface area (Å²) in [7, 11) is 0. The third-order valence-corrected chi connectivity index (χ3v) is 6.56. The monoisotopic (exact) mass is 461 g/mol. The van der Waals surface area contributed by atoms with Gasteiger partial charge >= 0.3 is 0 Å². The number of hydrogen-bond acceptors (Lipinski definition) is 6. The summed E-state index contributed by atoms with van der Waals surface area (Å²) in [5, 5.41) is 12.5. The van der Waals surface area contributed by atoms with Gasteiger partial charge in [-0.25, -0.2) is 0 Å². The molecule has 0 spiro atoms. The molecule has 3 rings (SSSR count). The standard InChI is InChI=1S/C20H20BrN3OS2/c1-13-5-10-17(14(2)12-13)22-19-23-24-20(27-19)26-11-3-4-18(25)15-6-8-16(21)9-7-15/h5-10,12H,3-4,11H2,1-2H3,(H,22,23). The number of thioether (sulfide) groups is 1. The lowest BCUT2D eigenvalue weighted by molar-refractivity contribution is 0.0982. The molecule has 1 aromatic heterocycles. The lowest BCUT2D eigenvalue weighted by atomic mass is 10.1. The van der Waals surface area contributed by atoms with Gasteiger partial charge in [0.05, 0.1) is 0 Å². The summed E-state index contributed by atoms with van der Waals surface area (Å²) >= 11 is 6.56. The molecule has 7 heteroatoms. The van der Waals surface area contributed by atoms with Crippen LogP contribution in [0.15, 0.2) is 51.3 Å². The van der Waals surface area contributed by atoms with Crippen molar-refractivity contribution in [2.45, 2.75) is 31.0 Å². The van der Waals surface area contributed by atoms with Crippen molar-refractivity contribution in [1.29, 1.82) is 0 Å². The van der Waals surface area contributed by atoms with Crippen LogP contribution in [0.2, 0.25) is 0 Å². The van der Waals surface area contributed by atoms with Gasteiger partial charge in [-0.1, -0.05) is 68.9 Å². The highest BCUT2D eigenvalue weighted by molar-refractivity contribution is 9.10. The molecule has 2 aromatic carbocycles. The van der Waals surface area contributed by atoms with E-state index in [1.54, 1.807) is 11.8 Å². The molecule has 0 fully saturated rings. The molecule has 140 valence electrons. The van der Waals surface area contributed by atoms with Crippen molar-refractivity contribution < 1.29 is 4.79 Å². The number of rotatable bonds is 8. The van der Waals surface area contributed by atoms with Crippen LogP contribution in [-0.2, 0) is 0 Å². The third-order valence-electron chi connectivity index (χ3n) is 3.97. The van der Waals surface area contributed by atoms with Gasteiger partial charge in [-0.3, -0.25) is 4.79 Å². The maximum Gasteiger partial charge on any atom is 0.210 e. The van der Waals surface area contributed by atoms with Crippen molar-refractivity contribution in [2.24, 2.45) is 0 Å². The van der Waals surface area contributed by atoms with Crippen LogP contribution in [0.25, 0.3) is 0 Å². The summed E-state index contributed by atoms with van der Waals surface area (Å²) in [6.07, 6.45) is 1.36. The number of aryl methyl sites for hydroxylation is 2. The smallest absolute Gasteiger partial charge is 0.210 e. The van der Waals surface area contributed by atoms with Crippen molar-refractivity contribution in [3.8, 4) is 0 Å². The second-order valence-corrected chi connectivity index (χ2v) is 9.43. The maximum absolute atomic E-state index is 12.2.